The topological polar surface area (TPSA) is 12.5 Å². The average molecular weight is 260 g/mol. The van der Waals surface area contributed by atoms with Gasteiger partial charge in [0.05, 0.1) is 6.61 Å². The molecule has 0 atom stereocenters. The van der Waals surface area contributed by atoms with Gasteiger partial charge in [0.15, 0.2) is 0 Å². The van der Waals surface area contributed by atoms with Crippen molar-refractivity contribution in [1.29, 1.82) is 0 Å². The number of alkyl halides is 1. The summed E-state index contributed by atoms with van der Waals surface area (Å²) in [6, 6.07) is 4.89. The SMILES string of the molecule is COCCN(CCCl)Cc1ccc(F)cc1C. The van der Waals surface area contributed by atoms with Crippen LogP contribution in [0, 0.1) is 12.7 Å². The molecule has 0 aromatic heterocycles. The van der Waals surface area contributed by atoms with Crippen molar-refractivity contribution in [2.24, 2.45) is 0 Å². The van der Waals surface area contributed by atoms with Crippen molar-refractivity contribution in [2.75, 3.05) is 32.7 Å². The molecule has 0 spiro atoms. The van der Waals surface area contributed by atoms with Crippen molar-refractivity contribution in [2.45, 2.75) is 13.5 Å². The van der Waals surface area contributed by atoms with E-state index >= 15 is 0 Å². The number of ether oxygens (including phenoxy) is 1. The Hall–Kier alpha value is -0.640. The Morgan fingerprint density at radius 2 is 2.12 bits per heavy atom. The highest BCUT2D eigenvalue weighted by Gasteiger charge is 2.07. The van der Waals surface area contributed by atoms with Gasteiger partial charge in [-0.2, -0.15) is 0 Å². The lowest BCUT2D eigenvalue weighted by molar-refractivity contribution is 0.148. The maximum absolute atomic E-state index is 13.0. The minimum atomic E-state index is -0.188. The standard InChI is InChI=1S/C13H19ClFNO/c1-11-9-13(15)4-3-12(11)10-16(6-5-14)7-8-17-2/h3-4,9H,5-8,10H2,1-2H3. The number of rotatable bonds is 7. The number of hydrogen-bond acceptors (Lipinski definition) is 2. The summed E-state index contributed by atoms with van der Waals surface area (Å²) in [5, 5.41) is 0. The fourth-order valence-corrected chi connectivity index (χ4v) is 1.93. The first kappa shape index (κ1) is 14.4. The molecular weight excluding hydrogens is 241 g/mol. The maximum Gasteiger partial charge on any atom is 0.123 e. The Morgan fingerprint density at radius 3 is 2.71 bits per heavy atom. The molecule has 1 rings (SSSR count). The van der Waals surface area contributed by atoms with E-state index in [4.69, 9.17) is 16.3 Å². The van der Waals surface area contributed by atoms with E-state index in [2.05, 4.69) is 4.90 Å². The van der Waals surface area contributed by atoms with Crippen LogP contribution in [0.25, 0.3) is 0 Å². The molecule has 0 N–H and O–H groups in total. The van der Waals surface area contributed by atoms with E-state index in [1.165, 1.54) is 6.07 Å². The smallest absolute Gasteiger partial charge is 0.123 e. The summed E-state index contributed by atoms with van der Waals surface area (Å²) in [4.78, 5) is 2.21. The summed E-state index contributed by atoms with van der Waals surface area (Å²) in [6.07, 6.45) is 0. The second-order valence-corrected chi connectivity index (χ2v) is 4.41. The fraction of sp³-hybridized carbons (Fsp3) is 0.538. The third kappa shape index (κ3) is 5.02. The van der Waals surface area contributed by atoms with Gasteiger partial charge in [0, 0.05) is 32.6 Å². The van der Waals surface area contributed by atoms with Crippen LogP contribution in [0.15, 0.2) is 18.2 Å². The zero-order valence-corrected chi connectivity index (χ0v) is 11.1. The highest BCUT2D eigenvalue weighted by molar-refractivity contribution is 6.18. The van der Waals surface area contributed by atoms with Crippen LogP contribution < -0.4 is 0 Å². The zero-order valence-electron chi connectivity index (χ0n) is 10.4. The first-order chi connectivity index (χ1) is 8.17. The molecule has 0 heterocycles. The zero-order chi connectivity index (χ0) is 12.7. The summed E-state index contributed by atoms with van der Waals surface area (Å²) >= 11 is 5.76. The summed E-state index contributed by atoms with van der Waals surface area (Å²) in [5.74, 6) is 0.399. The minimum absolute atomic E-state index is 0.188. The molecule has 0 fully saturated rings. The van der Waals surface area contributed by atoms with Crippen molar-refractivity contribution in [1.82, 2.24) is 4.90 Å². The van der Waals surface area contributed by atoms with E-state index in [1.807, 2.05) is 13.0 Å². The largest absolute Gasteiger partial charge is 0.383 e. The van der Waals surface area contributed by atoms with Crippen LogP contribution in [-0.2, 0) is 11.3 Å². The Morgan fingerprint density at radius 1 is 1.35 bits per heavy atom. The fourth-order valence-electron chi connectivity index (χ4n) is 1.69. The van der Waals surface area contributed by atoms with Gasteiger partial charge in [-0.05, 0) is 30.2 Å². The van der Waals surface area contributed by atoms with Crippen LogP contribution in [0.3, 0.4) is 0 Å². The molecule has 0 unspecified atom stereocenters. The van der Waals surface area contributed by atoms with Crippen molar-refractivity contribution in [3.05, 3.63) is 35.1 Å². The number of halogens is 2. The highest BCUT2D eigenvalue weighted by Crippen LogP contribution is 2.12. The predicted octanol–water partition coefficient (Wildman–Crippen LogP) is 2.82. The van der Waals surface area contributed by atoms with E-state index in [9.17, 15) is 4.39 Å². The minimum Gasteiger partial charge on any atom is -0.383 e. The summed E-state index contributed by atoms with van der Waals surface area (Å²) < 4.78 is 18.0. The number of methoxy groups -OCH3 is 1. The molecule has 0 aliphatic rings. The van der Waals surface area contributed by atoms with E-state index in [0.717, 1.165) is 30.8 Å². The van der Waals surface area contributed by atoms with Crippen LogP contribution >= 0.6 is 11.6 Å². The van der Waals surface area contributed by atoms with Crippen LogP contribution in [0.4, 0.5) is 4.39 Å². The third-order valence-corrected chi connectivity index (χ3v) is 2.88. The van der Waals surface area contributed by atoms with Crippen molar-refractivity contribution >= 4 is 11.6 Å². The predicted molar refractivity (Wildman–Crippen MR) is 69.0 cm³/mol. The molecule has 0 aliphatic heterocycles. The van der Waals surface area contributed by atoms with Gasteiger partial charge in [-0.1, -0.05) is 6.07 Å². The first-order valence-electron chi connectivity index (χ1n) is 5.69. The number of nitrogens with zero attached hydrogens (tertiary/aromatic N) is 1. The quantitative estimate of drug-likeness (QED) is 0.699. The van der Waals surface area contributed by atoms with Gasteiger partial charge in [0.25, 0.3) is 0 Å². The van der Waals surface area contributed by atoms with E-state index in [0.29, 0.717) is 12.5 Å². The van der Waals surface area contributed by atoms with Crippen molar-refractivity contribution in [3.63, 3.8) is 0 Å². The molecule has 17 heavy (non-hydrogen) atoms. The molecule has 0 amide bonds. The van der Waals surface area contributed by atoms with Crippen LogP contribution in [0.2, 0.25) is 0 Å². The van der Waals surface area contributed by atoms with E-state index < -0.39 is 0 Å². The van der Waals surface area contributed by atoms with Gasteiger partial charge in [-0.25, -0.2) is 4.39 Å². The average Bonchev–Trinajstić information content (AvgIpc) is 2.29. The summed E-state index contributed by atoms with van der Waals surface area (Å²) in [6.45, 7) is 5.02. The van der Waals surface area contributed by atoms with E-state index in [1.54, 1.807) is 13.2 Å². The summed E-state index contributed by atoms with van der Waals surface area (Å²) in [7, 11) is 1.68. The molecule has 0 aliphatic carbocycles. The Kier molecular flexibility index (Phi) is 6.48. The number of aryl methyl sites for hydroxylation is 1. The lowest BCUT2D eigenvalue weighted by Gasteiger charge is -2.21. The van der Waals surface area contributed by atoms with Gasteiger partial charge in [-0.3, -0.25) is 4.90 Å². The van der Waals surface area contributed by atoms with Crippen LogP contribution in [-0.4, -0.2) is 37.6 Å². The molecule has 0 radical (unpaired) electrons. The second-order valence-electron chi connectivity index (χ2n) is 4.03. The second kappa shape index (κ2) is 7.64. The maximum atomic E-state index is 13.0. The molecule has 1 aromatic rings. The van der Waals surface area contributed by atoms with Gasteiger partial charge in [0.2, 0.25) is 0 Å². The molecule has 0 saturated carbocycles. The van der Waals surface area contributed by atoms with Crippen LogP contribution in [0.1, 0.15) is 11.1 Å². The van der Waals surface area contributed by atoms with Gasteiger partial charge in [-0.15, -0.1) is 11.6 Å². The lowest BCUT2D eigenvalue weighted by Crippen LogP contribution is -2.29. The summed E-state index contributed by atoms with van der Waals surface area (Å²) in [5.41, 5.74) is 2.11. The Balaban J connectivity index is 2.64. The monoisotopic (exact) mass is 259 g/mol. The first-order valence-corrected chi connectivity index (χ1v) is 6.23. The van der Waals surface area contributed by atoms with Gasteiger partial charge < -0.3 is 4.74 Å². The Bertz CT molecular complexity index is 346. The highest BCUT2D eigenvalue weighted by atomic mass is 35.5. The molecule has 2 nitrogen and oxygen atoms in total. The molecule has 4 heteroatoms. The molecule has 96 valence electrons. The van der Waals surface area contributed by atoms with E-state index in [-0.39, 0.29) is 5.82 Å². The van der Waals surface area contributed by atoms with Gasteiger partial charge in [0.1, 0.15) is 5.82 Å². The number of hydrogen-bond donors (Lipinski definition) is 0. The molecular formula is C13H19ClFNO. The Labute approximate surface area is 107 Å². The third-order valence-electron chi connectivity index (χ3n) is 2.71. The molecule has 0 saturated heterocycles. The van der Waals surface area contributed by atoms with Crippen LogP contribution in [0.5, 0.6) is 0 Å². The van der Waals surface area contributed by atoms with Crippen molar-refractivity contribution in [3.8, 4) is 0 Å². The number of benzene rings is 1. The van der Waals surface area contributed by atoms with Gasteiger partial charge >= 0.3 is 0 Å². The normalized spacial score (nSPS) is 11.1. The molecule has 0 bridgehead atoms. The molecule has 1 aromatic carbocycles. The van der Waals surface area contributed by atoms with Crippen molar-refractivity contribution < 1.29 is 9.13 Å². The lowest BCUT2D eigenvalue weighted by atomic mass is 10.1.